The van der Waals surface area contributed by atoms with Gasteiger partial charge in [0.05, 0.1) is 23.7 Å². The highest BCUT2D eigenvalue weighted by Crippen LogP contribution is 2.35. The molecule has 1 aromatic carbocycles. The van der Waals surface area contributed by atoms with Crippen molar-refractivity contribution in [1.82, 2.24) is 14.7 Å². The van der Waals surface area contributed by atoms with E-state index in [2.05, 4.69) is 21.0 Å². The van der Waals surface area contributed by atoms with Gasteiger partial charge < -0.3 is 14.9 Å². The van der Waals surface area contributed by atoms with Crippen LogP contribution in [0.15, 0.2) is 57.7 Å². The molecule has 1 aliphatic rings. The van der Waals surface area contributed by atoms with E-state index < -0.39 is 12.4 Å². The molecule has 1 saturated heterocycles. The second kappa shape index (κ2) is 6.71. The molecule has 0 aliphatic carbocycles. The molecule has 2 unspecified atom stereocenters. The van der Waals surface area contributed by atoms with Gasteiger partial charge in [-0.25, -0.2) is 4.68 Å². The normalized spacial score (nSPS) is 18.5. The second-order valence-electron chi connectivity index (χ2n) is 6.04. The van der Waals surface area contributed by atoms with Gasteiger partial charge in [0.15, 0.2) is 12.0 Å². The van der Waals surface area contributed by atoms with Gasteiger partial charge in [-0.15, -0.1) is 0 Å². The highest BCUT2D eigenvalue weighted by Gasteiger charge is 2.38. The van der Waals surface area contributed by atoms with E-state index in [0.29, 0.717) is 11.5 Å². The smallest absolute Gasteiger partial charge is 0.252 e. The number of ether oxygens (including phenoxy) is 1. The molecule has 3 aromatic rings. The Balaban J connectivity index is 1.82. The number of halogens is 1. The van der Waals surface area contributed by atoms with Crippen LogP contribution in [0.25, 0.3) is 17.1 Å². The average molecular weight is 417 g/mol. The van der Waals surface area contributed by atoms with E-state index >= 15 is 0 Å². The lowest BCUT2D eigenvalue weighted by Gasteiger charge is -2.26. The zero-order chi connectivity index (χ0) is 18.3. The van der Waals surface area contributed by atoms with Gasteiger partial charge in [0.1, 0.15) is 12.3 Å². The summed E-state index contributed by atoms with van der Waals surface area (Å²) in [5.74, 6) is 0.454. The molecular weight excluding hydrogens is 400 g/mol. The number of aromatic nitrogens is 2. The first-order valence-electron chi connectivity index (χ1n) is 8.12. The molecule has 0 bridgehead atoms. The van der Waals surface area contributed by atoms with Crippen LogP contribution in [-0.2, 0) is 9.53 Å². The lowest BCUT2D eigenvalue weighted by molar-refractivity contribution is -0.130. The van der Waals surface area contributed by atoms with Crippen molar-refractivity contribution in [1.29, 1.82) is 0 Å². The minimum Gasteiger partial charge on any atom is -0.463 e. The van der Waals surface area contributed by atoms with Crippen molar-refractivity contribution in [3.05, 3.63) is 58.9 Å². The molecule has 1 amide bonds. The molecule has 134 valence electrons. The third-order valence-electron chi connectivity index (χ3n) is 4.20. The summed E-state index contributed by atoms with van der Waals surface area (Å²) < 4.78 is 14.0. The van der Waals surface area contributed by atoms with Gasteiger partial charge in [-0.05, 0) is 43.3 Å². The minimum atomic E-state index is -0.605. The molecule has 1 fully saturated rings. The van der Waals surface area contributed by atoms with E-state index in [1.165, 1.54) is 4.90 Å². The number of amides is 1. The van der Waals surface area contributed by atoms with E-state index in [0.717, 1.165) is 15.7 Å². The summed E-state index contributed by atoms with van der Waals surface area (Å²) in [6.45, 7) is 1.75. The third kappa shape index (κ3) is 2.96. The highest BCUT2D eigenvalue weighted by atomic mass is 79.9. The molecule has 3 heterocycles. The summed E-state index contributed by atoms with van der Waals surface area (Å²) in [4.78, 5) is 13.7. The van der Waals surface area contributed by atoms with Crippen molar-refractivity contribution >= 4 is 21.8 Å². The first-order chi connectivity index (χ1) is 12.5. The Morgan fingerprint density at radius 1 is 1.31 bits per heavy atom. The van der Waals surface area contributed by atoms with Crippen molar-refractivity contribution in [3.63, 3.8) is 0 Å². The van der Waals surface area contributed by atoms with Gasteiger partial charge in [0.25, 0.3) is 5.91 Å². The van der Waals surface area contributed by atoms with Gasteiger partial charge in [-0.3, -0.25) is 9.69 Å². The van der Waals surface area contributed by atoms with Crippen molar-refractivity contribution in [2.75, 3.05) is 6.61 Å². The molecule has 0 spiro atoms. The predicted molar refractivity (Wildman–Crippen MR) is 98.2 cm³/mol. The summed E-state index contributed by atoms with van der Waals surface area (Å²) in [6.07, 6.45) is 2.35. The molecule has 2 aromatic heterocycles. The van der Waals surface area contributed by atoms with Gasteiger partial charge in [0, 0.05) is 10.7 Å². The van der Waals surface area contributed by atoms with Crippen molar-refractivity contribution in [3.8, 4) is 17.1 Å². The number of hydrogen-bond donors (Lipinski definition) is 1. The Bertz CT molecular complexity index is 919. The fourth-order valence-electron chi connectivity index (χ4n) is 3.02. The van der Waals surface area contributed by atoms with Gasteiger partial charge in [-0.1, -0.05) is 15.9 Å². The largest absolute Gasteiger partial charge is 0.463 e. The summed E-state index contributed by atoms with van der Waals surface area (Å²) >= 11 is 3.43. The zero-order valence-electron chi connectivity index (χ0n) is 14.0. The number of hydrogen-bond acceptors (Lipinski definition) is 5. The number of rotatable bonds is 4. The second-order valence-corrected chi connectivity index (χ2v) is 6.95. The standard InChI is InChI=1S/C18H17BrN4O3/c1-11(20)23-16(24)10-26-18(23)14-9-22(13-6-4-12(19)5-7-13)21-17(14)15-3-2-8-25-15/h2-9,11,18H,10,20H2,1H3. The van der Waals surface area contributed by atoms with Crippen LogP contribution in [0.4, 0.5) is 0 Å². The molecule has 2 N–H and O–H groups in total. The topological polar surface area (TPSA) is 86.5 Å². The van der Waals surface area contributed by atoms with Crippen LogP contribution >= 0.6 is 15.9 Å². The molecule has 1 aliphatic heterocycles. The van der Waals surface area contributed by atoms with E-state index in [9.17, 15) is 4.79 Å². The first-order valence-corrected chi connectivity index (χ1v) is 8.91. The Kier molecular flexibility index (Phi) is 4.39. The Morgan fingerprint density at radius 3 is 2.73 bits per heavy atom. The zero-order valence-corrected chi connectivity index (χ0v) is 15.6. The number of nitrogens with zero attached hydrogens (tertiary/aromatic N) is 3. The summed E-state index contributed by atoms with van der Waals surface area (Å²) in [6, 6.07) is 11.4. The lowest BCUT2D eigenvalue weighted by atomic mass is 10.1. The molecule has 8 heteroatoms. The minimum absolute atomic E-state index is 0.00668. The van der Waals surface area contributed by atoms with E-state index in [1.807, 2.05) is 36.5 Å². The maximum Gasteiger partial charge on any atom is 0.252 e. The Morgan fingerprint density at radius 2 is 2.08 bits per heavy atom. The number of nitrogens with two attached hydrogens (primary N) is 1. The third-order valence-corrected chi connectivity index (χ3v) is 4.73. The SMILES string of the molecule is CC(N)N1C(=O)COC1c1cn(-c2ccc(Br)cc2)nc1-c1ccco1. The van der Waals surface area contributed by atoms with Crippen LogP contribution in [0.3, 0.4) is 0 Å². The van der Waals surface area contributed by atoms with Crippen LogP contribution in [-0.4, -0.2) is 33.4 Å². The van der Waals surface area contributed by atoms with E-state index in [1.54, 1.807) is 23.9 Å². The van der Waals surface area contributed by atoms with Crippen molar-refractivity contribution in [2.45, 2.75) is 19.3 Å². The monoisotopic (exact) mass is 416 g/mol. The first kappa shape index (κ1) is 17.0. The van der Waals surface area contributed by atoms with Crippen molar-refractivity contribution in [2.24, 2.45) is 5.73 Å². The fraction of sp³-hybridized carbons (Fsp3) is 0.222. The van der Waals surface area contributed by atoms with Crippen LogP contribution in [0, 0.1) is 0 Å². The number of furan rings is 1. The summed E-state index contributed by atoms with van der Waals surface area (Å²) in [7, 11) is 0. The van der Waals surface area contributed by atoms with Gasteiger partial charge in [-0.2, -0.15) is 5.10 Å². The summed E-state index contributed by atoms with van der Waals surface area (Å²) in [5, 5.41) is 4.66. The Hall–Kier alpha value is -2.42. The predicted octanol–water partition coefficient (Wildman–Crippen LogP) is 3.06. The Labute approximate surface area is 158 Å². The van der Waals surface area contributed by atoms with Gasteiger partial charge in [0.2, 0.25) is 0 Å². The quantitative estimate of drug-likeness (QED) is 0.705. The van der Waals surface area contributed by atoms with E-state index in [4.69, 9.17) is 14.9 Å². The van der Waals surface area contributed by atoms with Crippen molar-refractivity contribution < 1.29 is 13.9 Å². The molecule has 0 radical (unpaired) electrons. The molecule has 26 heavy (non-hydrogen) atoms. The maximum atomic E-state index is 12.2. The number of carbonyl (C=O) groups excluding carboxylic acids is 1. The lowest BCUT2D eigenvalue weighted by Crippen LogP contribution is -2.42. The van der Waals surface area contributed by atoms with Crippen LogP contribution in [0.5, 0.6) is 0 Å². The molecule has 0 saturated carbocycles. The van der Waals surface area contributed by atoms with Crippen LogP contribution in [0.1, 0.15) is 18.7 Å². The van der Waals surface area contributed by atoms with Crippen LogP contribution < -0.4 is 5.73 Å². The maximum absolute atomic E-state index is 12.2. The molecular formula is C18H17BrN4O3. The highest BCUT2D eigenvalue weighted by molar-refractivity contribution is 9.10. The number of benzene rings is 1. The number of carbonyl (C=O) groups is 1. The van der Waals surface area contributed by atoms with E-state index in [-0.39, 0.29) is 12.5 Å². The molecule has 2 atom stereocenters. The molecule has 4 rings (SSSR count). The molecule has 7 nitrogen and oxygen atoms in total. The average Bonchev–Trinajstić information content (AvgIpc) is 3.33. The van der Waals surface area contributed by atoms with Gasteiger partial charge >= 0.3 is 0 Å². The van der Waals surface area contributed by atoms with Crippen LogP contribution in [0.2, 0.25) is 0 Å². The summed E-state index contributed by atoms with van der Waals surface area (Å²) in [5.41, 5.74) is 8.21. The fourth-order valence-corrected chi connectivity index (χ4v) is 3.28.